The topological polar surface area (TPSA) is 78.8 Å². The number of thiophene rings is 1. The van der Waals surface area contributed by atoms with Crippen LogP contribution in [0.1, 0.15) is 22.9 Å². The van der Waals surface area contributed by atoms with Crippen molar-refractivity contribution in [1.82, 2.24) is 5.01 Å². The highest BCUT2D eigenvalue weighted by molar-refractivity contribution is 7.12. The zero-order valence-electron chi connectivity index (χ0n) is 18.1. The van der Waals surface area contributed by atoms with Crippen LogP contribution >= 0.6 is 11.3 Å². The van der Waals surface area contributed by atoms with Gasteiger partial charge < -0.3 is 23.7 Å². The Morgan fingerprint density at radius 1 is 1.09 bits per heavy atom. The molecule has 0 N–H and O–H groups in total. The predicted molar refractivity (Wildman–Crippen MR) is 123 cm³/mol. The predicted octanol–water partition coefficient (Wildman–Crippen LogP) is 4.25. The minimum atomic E-state index is -0.283. The lowest BCUT2D eigenvalue weighted by Crippen LogP contribution is -2.31. The number of carbonyl (C=O) groups is 1. The van der Waals surface area contributed by atoms with Gasteiger partial charge in [0.15, 0.2) is 29.6 Å². The first-order valence-corrected chi connectivity index (χ1v) is 11.2. The van der Waals surface area contributed by atoms with E-state index in [9.17, 15) is 4.79 Å². The lowest BCUT2D eigenvalue weighted by atomic mass is 10.0. The Bertz CT molecular complexity index is 1190. The van der Waals surface area contributed by atoms with Gasteiger partial charge in [0.25, 0.3) is 5.91 Å². The molecule has 5 rings (SSSR count). The Kier molecular flexibility index (Phi) is 5.78. The molecule has 0 spiro atoms. The van der Waals surface area contributed by atoms with Crippen molar-refractivity contribution in [3.8, 4) is 28.7 Å². The molecule has 3 aromatic rings. The first-order chi connectivity index (χ1) is 16.2. The summed E-state index contributed by atoms with van der Waals surface area (Å²) < 4.78 is 27.3. The molecule has 8 nitrogen and oxygen atoms in total. The molecular weight excluding hydrogens is 444 g/mol. The number of carbonyl (C=O) groups excluding carboxylic acids is 1. The van der Waals surface area contributed by atoms with Crippen molar-refractivity contribution in [2.45, 2.75) is 12.5 Å². The normalized spacial score (nSPS) is 16.5. The number of fused-ring (bicyclic) bond motifs is 1. The van der Waals surface area contributed by atoms with Crippen LogP contribution in [0.5, 0.6) is 28.7 Å². The second-order valence-corrected chi connectivity index (χ2v) is 8.35. The van der Waals surface area contributed by atoms with Gasteiger partial charge in [-0.1, -0.05) is 12.1 Å². The van der Waals surface area contributed by atoms with Gasteiger partial charge in [0.05, 0.1) is 30.9 Å². The second kappa shape index (κ2) is 9.03. The molecule has 1 atom stereocenters. The van der Waals surface area contributed by atoms with Crippen LogP contribution in [0.25, 0.3) is 0 Å². The number of hydrogen-bond acceptors (Lipinski definition) is 8. The zero-order chi connectivity index (χ0) is 22.8. The third-order valence-electron chi connectivity index (χ3n) is 5.47. The van der Waals surface area contributed by atoms with Crippen molar-refractivity contribution in [3.63, 3.8) is 0 Å². The van der Waals surface area contributed by atoms with Crippen LogP contribution in [0.4, 0.5) is 0 Å². The van der Waals surface area contributed by atoms with Gasteiger partial charge >= 0.3 is 0 Å². The van der Waals surface area contributed by atoms with Crippen molar-refractivity contribution in [1.29, 1.82) is 0 Å². The number of rotatable bonds is 7. The van der Waals surface area contributed by atoms with Crippen LogP contribution in [-0.4, -0.2) is 44.2 Å². The van der Waals surface area contributed by atoms with Gasteiger partial charge in [0.2, 0.25) is 6.79 Å². The largest absolute Gasteiger partial charge is 0.493 e. The van der Waals surface area contributed by atoms with Gasteiger partial charge in [-0.2, -0.15) is 5.10 Å². The van der Waals surface area contributed by atoms with Gasteiger partial charge in [-0.15, -0.1) is 11.3 Å². The SMILES string of the molecule is COc1ccc([C@@H]2CC(c3cccs3)=NN2C(=O)COc2ccc3c(c2)OCO3)cc1OC. The summed E-state index contributed by atoms with van der Waals surface area (Å²) >= 11 is 1.60. The average Bonchev–Trinajstić information content (AvgIpc) is 3.61. The molecule has 0 saturated heterocycles. The fourth-order valence-electron chi connectivity index (χ4n) is 3.83. The number of ether oxygens (including phenoxy) is 5. The highest BCUT2D eigenvalue weighted by Crippen LogP contribution is 2.38. The maximum Gasteiger partial charge on any atom is 0.281 e. The summed E-state index contributed by atoms with van der Waals surface area (Å²) in [5, 5.41) is 8.17. The summed E-state index contributed by atoms with van der Waals surface area (Å²) in [6.45, 7) is 0.0172. The van der Waals surface area contributed by atoms with Crippen LogP contribution in [0, 0.1) is 0 Å². The second-order valence-electron chi connectivity index (χ2n) is 7.40. The van der Waals surface area contributed by atoms with Gasteiger partial charge in [-0.3, -0.25) is 4.79 Å². The van der Waals surface area contributed by atoms with Crippen LogP contribution in [-0.2, 0) is 4.79 Å². The third-order valence-corrected chi connectivity index (χ3v) is 6.39. The van der Waals surface area contributed by atoms with Gasteiger partial charge in [0, 0.05) is 12.5 Å². The molecule has 0 radical (unpaired) electrons. The Balaban J connectivity index is 1.38. The number of methoxy groups -OCH3 is 2. The van der Waals surface area contributed by atoms with Crippen LogP contribution in [0.2, 0.25) is 0 Å². The number of benzene rings is 2. The van der Waals surface area contributed by atoms with E-state index in [1.807, 2.05) is 35.7 Å². The van der Waals surface area contributed by atoms with E-state index < -0.39 is 0 Å². The molecular formula is C24H22N2O6S. The minimum absolute atomic E-state index is 0.162. The fourth-order valence-corrected chi connectivity index (χ4v) is 4.55. The van der Waals surface area contributed by atoms with Crippen LogP contribution in [0.3, 0.4) is 0 Å². The molecule has 0 bridgehead atoms. The van der Waals surface area contributed by atoms with Crippen molar-refractivity contribution >= 4 is 23.0 Å². The Morgan fingerprint density at radius 3 is 2.73 bits per heavy atom. The molecule has 170 valence electrons. The molecule has 0 saturated carbocycles. The fraction of sp³-hybridized carbons (Fsp3) is 0.250. The Morgan fingerprint density at radius 2 is 1.94 bits per heavy atom. The van der Waals surface area contributed by atoms with E-state index in [0.29, 0.717) is 35.2 Å². The highest BCUT2D eigenvalue weighted by Gasteiger charge is 2.34. The first kappa shape index (κ1) is 21.1. The number of hydrogen-bond donors (Lipinski definition) is 0. The number of nitrogens with zero attached hydrogens (tertiary/aromatic N) is 2. The Hall–Kier alpha value is -3.72. The van der Waals surface area contributed by atoms with E-state index in [0.717, 1.165) is 16.2 Å². The molecule has 2 aliphatic heterocycles. The van der Waals surface area contributed by atoms with E-state index in [2.05, 4.69) is 5.10 Å². The molecule has 2 aromatic carbocycles. The van der Waals surface area contributed by atoms with Gasteiger partial charge in [0.1, 0.15) is 5.75 Å². The quantitative estimate of drug-likeness (QED) is 0.518. The van der Waals surface area contributed by atoms with E-state index >= 15 is 0 Å². The molecule has 0 aliphatic carbocycles. The first-order valence-electron chi connectivity index (χ1n) is 10.3. The van der Waals surface area contributed by atoms with Crippen LogP contribution < -0.4 is 23.7 Å². The maximum absolute atomic E-state index is 13.2. The van der Waals surface area contributed by atoms with Gasteiger partial charge in [-0.05, 0) is 41.3 Å². The molecule has 0 fully saturated rings. The van der Waals surface area contributed by atoms with E-state index in [1.165, 1.54) is 5.01 Å². The van der Waals surface area contributed by atoms with Gasteiger partial charge in [-0.25, -0.2) is 5.01 Å². The molecule has 33 heavy (non-hydrogen) atoms. The number of hydrazone groups is 1. The summed E-state index contributed by atoms with van der Waals surface area (Å²) in [5.41, 5.74) is 1.76. The summed E-state index contributed by atoms with van der Waals surface area (Å²) in [5.74, 6) is 2.76. The molecule has 9 heteroatoms. The number of amides is 1. The zero-order valence-corrected chi connectivity index (χ0v) is 19.0. The van der Waals surface area contributed by atoms with Crippen molar-refractivity contribution in [2.24, 2.45) is 5.10 Å². The lowest BCUT2D eigenvalue weighted by Gasteiger charge is -2.23. The molecule has 1 aromatic heterocycles. The summed E-state index contributed by atoms with van der Waals surface area (Å²) in [6, 6.07) is 14.6. The monoisotopic (exact) mass is 466 g/mol. The Labute approximate surface area is 194 Å². The van der Waals surface area contributed by atoms with Crippen molar-refractivity contribution in [3.05, 3.63) is 64.4 Å². The smallest absolute Gasteiger partial charge is 0.281 e. The van der Waals surface area contributed by atoms with E-state index in [4.69, 9.17) is 23.7 Å². The minimum Gasteiger partial charge on any atom is -0.493 e. The van der Waals surface area contributed by atoms with Crippen LogP contribution in [0.15, 0.2) is 59.0 Å². The van der Waals surface area contributed by atoms with E-state index in [1.54, 1.807) is 43.8 Å². The van der Waals surface area contributed by atoms with Crippen molar-refractivity contribution in [2.75, 3.05) is 27.6 Å². The highest BCUT2D eigenvalue weighted by atomic mass is 32.1. The molecule has 1 amide bonds. The van der Waals surface area contributed by atoms with E-state index in [-0.39, 0.29) is 25.3 Å². The average molecular weight is 467 g/mol. The maximum atomic E-state index is 13.2. The molecule has 2 aliphatic rings. The lowest BCUT2D eigenvalue weighted by molar-refractivity contribution is -0.135. The third kappa shape index (κ3) is 4.19. The summed E-state index contributed by atoms with van der Waals surface area (Å²) in [6.07, 6.45) is 0.589. The summed E-state index contributed by atoms with van der Waals surface area (Å²) in [7, 11) is 3.18. The molecule has 3 heterocycles. The standard InChI is InChI=1S/C24H22N2O6S/c1-28-19-7-5-15(10-21(19)29-2)18-12-17(23-4-3-9-33-23)25-26(18)24(27)13-30-16-6-8-20-22(11-16)32-14-31-20/h3-11,18H,12-14H2,1-2H3/t18-/m0/s1. The molecule has 0 unspecified atom stereocenters. The summed E-state index contributed by atoms with van der Waals surface area (Å²) in [4.78, 5) is 14.2. The van der Waals surface area contributed by atoms with Crippen molar-refractivity contribution < 1.29 is 28.5 Å².